The molecule has 0 radical (unpaired) electrons. The van der Waals surface area contributed by atoms with E-state index in [1.807, 2.05) is 159 Å². The third kappa shape index (κ3) is 24.9. The van der Waals surface area contributed by atoms with Crippen molar-refractivity contribution < 1.29 is 129 Å². The van der Waals surface area contributed by atoms with Crippen LogP contribution in [0.1, 0.15) is 161 Å². The Bertz CT molecular complexity index is 4700. The number of benzene rings is 9. The van der Waals surface area contributed by atoms with Gasteiger partial charge in [0, 0.05) is 162 Å². The monoisotopic (exact) mass is 1920 g/mol. The zero-order valence-electron chi connectivity index (χ0n) is 80.7. The number of aryl methyl sites for hydroxylation is 4. The van der Waals surface area contributed by atoms with Crippen LogP contribution in [-0.2, 0) is 91.1 Å². The standard InChI is InChI=1S/C98H132N4O28Si4/c1-19-109-61-79(97(107)99(49-53-111-63-131(115-21-3,116-22-4)117-23-5)50-54-112-64-132(118-24-6,119-25-7)120-26-8)101-93(103)75-57-81(127-71-41-33-67(15)34-42-71)87-89-83(129-73-45-37-69(17)38-46-73)59-77-86-78(60-84(130-74-47-39-70(18)40-48-74)90(92(86)89)88-82(128-72-43-35-68(16)36-44-72)58-76(94(101)104)85(75)91(87)88)96(106)102(95(77)105)80(62-110-20-2)98(108)100(51-55-113-65-133(121-27-9,122-28-10)123-29-11)52-56-114-66-134(124-30-12,125-31-13)126-32-14/h33-48,57-60,79-80H,19-32,49-56,61-66H2,1-18H3. The molecule has 36 heteroatoms. The van der Waals surface area contributed by atoms with Gasteiger partial charge in [0.15, 0.2) is 0 Å². The Morgan fingerprint density at radius 2 is 0.463 bits per heavy atom. The molecule has 2 aliphatic rings. The van der Waals surface area contributed by atoms with Crippen LogP contribution in [0.2, 0.25) is 0 Å². The molecule has 32 nitrogen and oxygen atoms in total. The fourth-order valence-corrected chi connectivity index (χ4v) is 25.4. The Hall–Kier alpha value is -9.15. The van der Waals surface area contributed by atoms with Crippen molar-refractivity contribution in [2.75, 3.05) is 183 Å². The molecular formula is C98H132N4O28Si4. The first-order valence-corrected chi connectivity index (χ1v) is 54.4. The zero-order valence-corrected chi connectivity index (χ0v) is 84.7. The van der Waals surface area contributed by atoms with Gasteiger partial charge in [0.2, 0.25) is 11.8 Å². The molecule has 0 fully saturated rings. The third-order valence-corrected chi connectivity index (χ3v) is 33.2. The molecule has 728 valence electrons. The first kappa shape index (κ1) is 105. The molecule has 0 saturated carbocycles. The van der Waals surface area contributed by atoms with E-state index in [0.29, 0.717) is 23.0 Å². The zero-order chi connectivity index (χ0) is 96.3. The number of carbonyl (C=O) groups excluding carboxylic acids is 6. The molecule has 2 atom stereocenters. The van der Waals surface area contributed by atoms with Gasteiger partial charge < -0.3 is 110 Å². The van der Waals surface area contributed by atoms with E-state index >= 15 is 28.8 Å². The van der Waals surface area contributed by atoms with Crippen molar-refractivity contribution in [1.29, 1.82) is 0 Å². The van der Waals surface area contributed by atoms with Gasteiger partial charge in [0.05, 0.1) is 61.9 Å². The Labute approximate surface area is 790 Å². The van der Waals surface area contributed by atoms with Crippen molar-refractivity contribution >= 4 is 114 Å². The van der Waals surface area contributed by atoms with Crippen LogP contribution in [0, 0.1) is 27.7 Å². The van der Waals surface area contributed by atoms with Crippen LogP contribution in [0.25, 0.3) is 43.1 Å². The molecule has 6 amide bonds. The minimum absolute atomic E-state index is 0.00824. The summed E-state index contributed by atoms with van der Waals surface area (Å²) in [5.74, 6) is -3.86. The fourth-order valence-electron chi connectivity index (χ4n) is 16.5. The average Bonchev–Trinajstić information content (AvgIpc) is 0.668. The van der Waals surface area contributed by atoms with Gasteiger partial charge in [0.1, 0.15) is 83.0 Å². The largest absolute Gasteiger partial charge is 0.528 e. The minimum atomic E-state index is -3.42. The van der Waals surface area contributed by atoms with Gasteiger partial charge in [-0.05, 0) is 197 Å². The number of ether oxygens (including phenoxy) is 10. The van der Waals surface area contributed by atoms with E-state index in [9.17, 15) is 0 Å². The molecule has 2 unspecified atom stereocenters. The Kier molecular flexibility index (Phi) is 39.5. The second-order valence-electron chi connectivity index (χ2n) is 31.4. The van der Waals surface area contributed by atoms with Gasteiger partial charge in [-0.25, -0.2) is 0 Å². The molecule has 134 heavy (non-hydrogen) atoms. The summed E-state index contributed by atoms with van der Waals surface area (Å²) in [4.78, 5) is 106. The topological polar surface area (TPSA) is 318 Å². The maximum atomic E-state index is 17.0. The van der Waals surface area contributed by atoms with E-state index in [2.05, 4.69) is 0 Å². The molecule has 2 aliphatic heterocycles. The summed E-state index contributed by atoms with van der Waals surface area (Å²) in [6.45, 7) is 34.8. The van der Waals surface area contributed by atoms with Crippen LogP contribution in [-0.4, -0.2) is 286 Å². The molecule has 0 bridgehead atoms. The molecule has 9 aromatic rings. The van der Waals surface area contributed by atoms with Gasteiger partial charge in [-0.1, -0.05) is 70.8 Å². The highest BCUT2D eigenvalue weighted by Crippen LogP contribution is 2.58. The number of hydrogen-bond acceptors (Lipinski definition) is 28. The van der Waals surface area contributed by atoms with E-state index < -0.39 is 96.0 Å². The number of rotatable bonds is 62. The molecule has 11 rings (SSSR count). The number of amides is 6. The Balaban J connectivity index is 1.18. The Morgan fingerprint density at radius 3 is 0.642 bits per heavy atom. The number of hydrogen-bond donors (Lipinski definition) is 0. The predicted molar refractivity (Wildman–Crippen MR) is 513 cm³/mol. The van der Waals surface area contributed by atoms with Crippen LogP contribution in [0.5, 0.6) is 46.0 Å². The summed E-state index contributed by atoms with van der Waals surface area (Å²) in [6, 6.07) is 31.9. The van der Waals surface area contributed by atoms with Crippen LogP contribution in [0.3, 0.4) is 0 Å². The molecular weight excluding hydrogens is 1790 g/mol. The molecule has 2 heterocycles. The third-order valence-electron chi connectivity index (χ3n) is 22.2. The lowest BCUT2D eigenvalue weighted by atomic mass is 9.80. The lowest BCUT2D eigenvalue weighted by Gasteiger charge is -2.37. The molecule has 0 aromatic heterocycles. The molecule has 0 N–H and O–H groups in total. The SMILES string of the molecule is CCOCC(C(=O)N(CCOC[Si](OCC)(OCC)OCC)CCOC[Si](OCC)(OCC)OCC)N1C(=O)c2cc(Oc3ccc(C)cc3)c3c4c(Oc5ccc(C)cc5)cc5c6c(cc(Oc7ccc(C)cc7)c(c7c(Oc8ccc(C)cc8)cc(c2c37)C1=O)c64)C(=O)N(C(COCC)C(=O)N(CCOC[Si](OCC)(OCC)OCC)CCOC[Si](OCC)(OCC)OCC)C5=O. The predicted octanol–water partition coefficient (Wildman–Crippen LogP) is 16.2. The van der Waals surface area contributed by atoms with E-state index in [1.165, 1.54) is 9.80 Å². The van der Waals surface area contributed by atoms with E-state index in [1.54, 1.807) is 86.6 Å². The van der Waals surface area contributed by atoms with E-state index in [0.717, 1.165) is 32.1 Å². The first-order valence-electron chi connectivity index (χ1n) is 46.7. The van der Waals surface area contributed by atoms with Gasteiger partial charge in [-0.15, -0.1) is 0 Å². The minimum Gasteiger partial charge on any atom is -0.457 e. The number of imide groups is 2. The van der Waals surface area contributed by atoms with E-state index in [4.69, 9.17) is 100 Å². The summed E-state index contributed by atoms with van der Waals surface area (Å²) in [5, 5.41) is 1.47. The lowest BCUT2D eigenvalue weighted by molar-refractivity contribution is -0.139. The highest BCUT2D eigenvalue weighted by molar-refractivity contribution is 6.62. The second-order valence-corrected chi connectivity index (χ2v) is 41.5. The van der Waals surface area contributed by atoms with Crippen LogP contribution >= 0.6 is 0 Å². The summed E-state index contributed by atoms with van der Waals surface area (Å²) < 4.78 is 141. The average molecular weight is 1930 g/mol. The molecule has 0 aliphatic carbocycles. The molecule has 0 spiro atoms. The highest BCUT2D eigenvalue weighted by atomic mass is 28.4. The molecule has 9 aromatic carbocycles. The normalized spacial score (nSPS) is 13.7. The lowest BCUT2D eigenvalue weighted by Crippen LogP contribution is -2.57. The summed E-state index contributed by atoms with van der Waals surface area (Å²) >= 11 is 0. The van der Waals surface area contributed by atoms with Crippen molar-refractivity contribution in [2.45, 2.75) is 137 Å². The number of fused-ring (bicyclic) bond motifs is 2. The van der Waals surface area contributed by atoms with Crippen molar-refractivity contribution in [2.24, 2.45) is 0 Å². The number of carbonyl (C=O) groups is 6. The maximum absolute atomic E-state index is 17.0. The summed E-state index contributed by atoms with van der Waals surface area (Å²) in [6.07, 6.45) is -0.281. The Morgan fingerprint density at radius 1 is 0.269 bits per heavy atom. The van der Waals surface area contributed by atoms with Crippen LogP contribution in [0.4, 0.5) is 0 Å². The molecule has 0 saturated heterocycles. The summed E-state index contributed by atoms with van der Waals surface area (Å²) in [5.41, 5.74) is 3.20. The van der Waals surface area contributed by atoms with Gasteiger partial charge >= 0.3 is 35.2 Å². The second kappa shape index (κ2) is 50.3. The van der Waals surface area contributed by atoms with Gasteiger partial charge in [-0.2, -0.15) is 0 Å². The highest BCUT2D eigenvalue weighted by Gasteiger charge is 2.51. The summed E-state index contributed by atoms with van der Waals surface area (Å²) in [7, 11) is -13.7. The van der Waals surface area contributed by atoms with Crippen LogP contribution < -0.4 is 18.9 Å². The van der Waals surface area contributed by atoms with Gasteiger partial charge in [-0.3, -0.25) is 38.6 Å². The van der Waals surface area contributed by atoms with Crippen LogP contribution in [0.15, 0.2) is 121 Å². The number of nitrogens with zero attached hydrogens (tertiary/aromatic N) is 4. The fraction of sp³-hybridized carbons (Fsp3) is 0.490. The van der Waals surface area contributed by atoms with Crippen molar-refractivity contribution in [3.8, 4) is 46.0 Å². The van der Waals surface area contributed by atoms with E-state index in [-0.39, 0.29) is 258 Å². The smallest absolute Gasteiger partial charge is 0.457 e. The van der Waals surface area contributed by atoms with Gasteiger partial charge in [0.25, 0.3) is 23.6 Å². The quantitative estimate of drug-likeness (QED) is 0.0112. The maximum Gasteiger partial charge on any atom is 0.528 e. The van der Waals surface area contributed by atoms with Crippen molar-refractivity contribution in [1.82, 2.24) is 19.6 Å². The van der Waals surface area contributed by atoms with Crippen molar-refractivity contribution in [3.05, 3.63) is 166 Å². The first-order chi connectivity index (χ1) is 64.8. The van der Waals surface area contributed by atoms with Crippen molar-refractivity contribution in [3.63, 3.8) is 0 Å².